The number of carbonyl (C=O) groups is 1. The monoisotopic (exact) mass is 252 g/mol. The van der Waals surface area contributed by atoms with Crippen molar-refractivity contribution in [1.82, 2.24) is 9.55 Å². The summed E-state index contributed by atoms with van der Waals surface area (Å²) in [5.74, 6) is 0. The van der Waals surface area contributed by atoms with Crippen molar-refractivity contribution in [2.45, 2.75) is 10.1 Å². The van der Waals surface area contributed by atoms with Crippen molar-refractivity contribution >= 4 is 29.6 Å². The van der Waals surface area contributed by atoms with Crippen LogP contribution < -0.4 is 0 Å². The van der Waals surface area contributed by atoms with Gasteiger partial charge in [-0.2, -0.15) is 0 Å². The van der Waals surface area contributed by atoms with E-state index >= 15 is 0 Å². The Hall–Kier alpha value is -1.26. The number of nitrogens with zero attached hydrogens (tertiary/aromatic N) is 2. The SMILES string of the molecule is Cn1ccnc1Sc1ccc(Cl)cc1C=O. The molecule has 3 nitrogen and oxygen atoms in total. The van der Waals surface area contributed by atoms with Gasteiger partial charge in [-0.05, 0) is 18.2 Å². The van der Waals surface area contributed by atoms with Crippen LogP contribution in [-0.4, -0.2) is 15.8 Å². The highest BCUT2D eigenvalue weighted by molar-refractivity contribution is 7.99. The van der Waals surface area contributed by atoms with E-state index in [0.717, 1.165) is 16.3 Å². The van der Waals surface area contributed by atoms with Gasteiger partial charge in [-0.3, -0.25) is 4.79 Å². The fraction of sp³-hybridized carbons (Fsp3) is 0.0909. The zero-order chi connectivity index (χ0) is 11.5. The molecule has 82 valence electrons. The molecule has 0 amide bonds. The van der Waals surface area contributed by atoms with Crippen LogP contribution in [0.2, 0.25) is 5.02 Å². The predicted octanol–water partition coefficient (Wildman–Crippen LogP) is 3.04. The van der Waals surface area contributed by atoms with Crippen molar-refractivity contribution in [1.29, 1.82) is 0 Å². The average Bonchev–Trinajstić information content (AvgIpc) is 2.67. The Balaban J connectivity index is 2.34. The molecule has 0 fully saturated rings. The quantitative estimate of drug-likeness (QED) is 0.788. The van der Waals surface area contributed by atoms with Crippen LogP contribution >= 0.6 is 23.4 Å². The number of benzene rings is 1. The summed E-state index contributed by atoms with van der Waals surface area (Å²) in [6.07, 6.45) is 4.38. The van der Waals surface area contributed by atoms with E-state index in [9.17, 15) is 4.79 Å². The van der Waals surface area contributed by atoms with Crippen molar-refractivity contribution in [3.8, 4) is 0 Å². The lowest BCUT2D eigenvalue weighted by Gasteiger charge is -2.04. The van der Waals surface area contributed by atoms with Gasteiger partial charge >= 0.3 is 0 Å². The predicted molar refractivity (Wildman–Crippen MR) is 64.2 cm³/mol. The molecule has 1 aromatic heterocycles. The van der Waals surface area contributed by atoms with Crippen LogP contribution in [0.25, 0.3) is 0 Å². The summed E-state index contributed by atoms with van der Waals surface area (Å²) in [6, 6.07) is 5.24. The molecule has 1 aromatic carbocycles. The lowest BCUT2D eigenvalue weighted by atomic mass is 10.2. The van der Waals surface area contributed by atoms with Crippen LogP contribution in [0.5, 0.6) is 0 Å². The third-order valence-corrected chi connectivity index (χ3v) is 3.48. The fourth-order valence-electron chi connectivity index (χ4n) is 1.25. The summed E-state index contributed by atoms with van der Waals surface area (Å²) in [5, 5.41) is 1.40. The maximum absolute atomic E-state index is 10.9. The molecule has 16 heavy (non-hydrogen) atoms. The Bertz CT molecular complexity index is 524. The van der Waals surface area contributed by atoms with E-state index in [1.807, 2.05) is 23.9 Å². The smallest absolute Gasteiger partial charge is 0.172 e. The molecule has 1 heterocycles. The molecule has 5 heteroatoms. The average molecular weight is 253 g/mol. The second-order valence-electron chi connectivity index (χ2n) is 3.22. The van der Waals surface area contributed by atoms with E-state index in [4.69, 9.17) is 11.6 Å². The van der Waals surface area contributed by atoms with E-state index in [1.165, 1.54) is 11.8 Å². The van der Waals surface area contributed by atoms with Gasteiger partial charge in [0.2, 0.25) is 0 Å². The van der Waals surface area contributed by atoms with Gasteiger partial charge in [0.25, 0.3) is 0 Å². The fourth-order valence-corrected chi connectivity index (χ4v) is 2.31. The maximum atomic E-state index is 10.9. The van der Waals surface area contributed by atoms with Crippen LogP contribution in [-0.2, 0) is 7.05 Å². The Morgan fingerprint density at radius 3 is 2.94 bits per heavy atom. The molecule has 0 saturated heterocycles. The molecule has 0 radical (unpaired) electrons. The molecular weight excluding hydrogens is 244 g/mol. The van der Waals surface area contributed by atoms with E-state index in [0.29, 0.717) is 10.6 Å². The number of aromatic nitrogens is 2. The largest absolute Gasteiger partial charge is 0.329 e. The summed E-state index contributed by atoms with van der Waals surface area (Å²) >= 11 is 7.26. The summed E-state index contributed by atoms with van der Waals surface area (Å²) in [6.45, 7) is 0. The molecule has 0 unspecified atom stereocenters. The molecule has 2 aromatic rings. The zero-order valence-corrected chi connectivity index (χ0v) is 10.1. The molecule has 0 aliphatic heterocycles. The van der Waals surface area contributed by atoms with E-state index in [-0.39, 0.29) is 0 Å². The Labute approximate surface area is 102 Å². The second kappa shape index (κ2) is 4.72. The minimum absolute atomic E-state index is 0.561. The molecule has 0 saturated carbocycles. The van der Waals surface area contributed by atoms with Gasteiger partial charge in [-0.15, -0.1) is 0 Å². The lowest BCUT2D eigenvalue weighted by molar-refractivity contribution is 0.112. The first-order chi connectivity index (χ1) is 7.70. The van der Waals surface area contributed by atoms with Crippen LogP contribution in [0, 0.1) is 0 Å². The summed E-state index contributed by atoms with van der Waals surface area (Å²) in [5.41, 5.74) is 0.584. The normalized spacial score (nSPS) is 10.4. The van der Waals surface area contributed by atoms with Gasteiger partial charge in [0.15, 0.2) is 11.4 Å². The topological polar surface area (TPSA) is 34.9 Å². The lowest BCUT2D eigenvalue weighted by Crippen LogP contribution is -1.91. The third-order valence-electron chi connectivity index (χ3n) is 2.08. The minimum Gasteiger partial charge on any atom is -0.329 e. The highest BCUT2D eigenvalue weighted by atomic mass is 35.5. The number of aryl methyl sites for hydroxylation is 1. The molecule has 0 atom stereocenters. The molecule has 0 N–H and O–H groups in total. The second-order valence-corrected chi connectivity index (χ2v) is 4.67. The summed E-state index contributed by atoms with van der Waals surface area (Å²) in [4.78, 5) is 15.9. The van der Waals surface area contributed by atoms with Crippen LogP contribution in [0.4, 0.5) is 0 Å². The van der Waals surface area contributed by atoms with Crippen molar-refractivity contribution in [3.05, 3.63) is 41.2 Å². The van der Waals surface area contributed by atoms with Crippen LogP contribution in [0.15, 0.2) is 40.6 Å². The van der Waals surface area contributed by atoms with Crippen LogP contribution in [0.3, 0.4) is 0 Å². The van der Waals surface area contributed by atoms with Gasteiger partial charge in [-0.1, -0.05) is 23.4 Å². The van der Waals surface area contributed by atoms with E-state index < -0.39 is 0 Å². The molecular formula is C11H9ClN2OS. The maximum Gasteiger partial charge on any atom is 0.172 e. The van der Waals surface area contributed by atoms with Crippen molar-refractivity contribution in [2.24, 2.45) is 7.05 Å². The van der Waals surface area contributed by atoms with Crippen molar-refractivity contribution < 1.29 is 4.79 Å². The standard InChI is InChI=1S/C11H9ClN2OS/c1-14-5-4-13-11(14)16-10-3-2-9(12)6-8(10)7-15/h2-7H,1H3. The van der Waals surface area contributed by atoms with Gasteiger partial charge in [0.1, 0.15) is 0 Å². The minimum atomic E-state index is 0.561. The number of hydrogen-bond donors (Lipinski definition) is 0. The number of imidazole rings is 1. The third kappa shape index (κ3) is 2.28. The number of carbonyl (C=O) groups excluding carboxylic acids is 1. The molecule has 0 spiro atoms. The Kier molecular flexibility index (Phi) is 3.31. The Morgan fingerprint density at radius 2 is 2.31 bits per heavy atom. The first kappa shape index (κ1) is 11.2. The van der Waals surface area contributed by atoms with E-state index in [1.54, 1.807) is 18.3 Å². The van der Waals surface area contributed by atoms with Crippen LogP contribution in [0.1, 0.15) is 10.4 Å². The molecule has 0 aliphatic carbocycles. The van der Waals surface area contributed by atoms with E-state index in [2.05, 4.69) is 4.98 Å². The number of aldehydes is 1. The molecule has 2 rings (SSSR count). The number of halogens is 1. The highest BCUT2D eigenvalue weighted by Crippen LogP contribution is 2.29. The van der Waals surface area contributed by atoms with Crippen molar-refractivity contribution in [2.75, 3.05) is 0 Å². The summed E-state index contributed by atoms with van der Waals surface area (Å²) < 4.78 is 1.90. The number of hydrogen-bond acceptors (Lipinski definition) is 3. The van der Waals surface area contributed by atoms with Gasteiger partial charge < -0.3 is 4.57 Å². The Morgan fingerprint density at radius 1 is 1.50 bits per heavy atom. The highest BCUT2D eigenvalue weighted by Gasteiger charge is 2.07. The number of rotatable bonds is 3. The van der Waals surface area contributed by atoms with Gasteiger partial charge in [-0.25, -0.2) is 4.98 Å². The zero-order valence-electron chi connectivity index (χ0n) is 8.55. The first-order valence-electron chi connectivity index (χ1n) is 4.60. The summed E-state index contributed by atoms with van der Waals surface area (Å²) in [7, 11) is 1.91. The van der Waals surface area contributed by atoms with Gasteiger partial charge in [0, 0.05) is 34.9 Å². The van der Waals surface area contributed by atoms with Gasteiger partial charge in [0.05, 0.1) is 0 Å². The van der Waals surface area contributed by atoms with Crippen molar-refractivity contribution in [3.63, 3.8) is 0 Å². The first-order valence-corrected chi connectivity index (χ1v) is 5.80. The molecule has 0 bridgehead atoms. The molecule has 0 aliphatic rings.